The SMILES string of the molecule is CCn1c(CN(C)C(C)CSC)nc2c(F)cccc21. The third-order valence-electron chi connectivity index (χ3n) is 3.68. The summed E-state index contributed by atoms with van der Waals surface area (Å²) in [5.41, 5.74) is 1.36. The zero-order chi connectivity index (χ0) is 14.7. The van der Waals surface area contributed by atoms with Crippen molar-refractivity contribution in [2.24, 2.45) is 0 Å². The molecule has 1 atom stereocenters. The van der Waals surface area contributed by atoms with E-state index in [0.717, 1.165) is 30.2 Å². The van der Waals surface area contributed by atoms with Gasteiger partial charge in [0.25, 0.3) is 0 Å². The maximum absolute atomic E-state index is 13.8. The van der Waals surface area contributed by atoms with E-state index in [9.17, 15) is 4.39 Å². The van der Waals surface area contributed by atoms with Gasteiger partial charge in [0, 0.05) is 18.3 Å². The summed E-state index contributed by atoms with van der Waals surface area (Å²) in [5.74, 6) is 1.77. The van der Waals surface area contributed by atoms with Gasteiger partial charge < -0.3 is 4.57 Å². The summed E-state index contributed by atoms with van der Waals surface area (Å²) in [6.45, 7) is 5.82. The summed E-state index contributed by atoms with van der Waals surface area (Å²) >= 11 is 1.84. The highest BCUT2D eigenvalue weighted by atomic mass is 32.2. The normalized spacial score (nSPS) is 13.3. The van der Waals surface area contributed by atoms with E-state index in [-0.39, 0.29) is 5.82 Å². The van der Waals surface area contributed by atoms with E-state index in [4.69, 9.17) is 0 Å². The van der Waals surface area contributed by atoms with E-state index < -0.39 is 0 Å². The van der Waals surface area contributed by atoms with Gasteiger partial charge in [0.1, 0.15) is 11.3 Å². The number of aryl methyl sites for hydroxylation is 1. The van der Waals surface area contributed by atoms with E-state index in [1.807, 2.05) is 17.8 Å². The molecule has 3 nitrogen and oxygen atoms in total. The number of thioether (sulfide) groups is 1. The first-order valence-electron chi connectivity index (χ1n) is 6.91. The third kappa shape index (κ3) is 2.99. The van der Waals surface area contributed by atoms with Gasteiger partial charge in [0.2, 0.25) is 0 Å². The van der Waals surface area contributed by atoms with E-state index >= 15 is 0 Å². The lowest BCUT2D eigenvalue weighted by Crippen LogP contribution is -2.31. The van der Waals surface area contributed by atoms with E-state index in [1.54, 1.807) is 6.07 Å². The standard InChI is InChI=1S/C15H22FN3S/c1-5-19-13-8-6-7-12(16)15(13)17-14(19)9-18(3)11(2)10-20-4/h6-8,11H,5,9-10H2,1-4H3. The molecule has 1 heterocycles. The minimum Gasteiger partial charge on any atom is -0.327 e. The average Bonchev–Trinajstić information content (AvgIpc) is 2.77. The van der Waals surface area contributed by atoms with E-state index in [2.05, 4.69) is 41.6 Å². The number of para-hydroxylation sites is 1. The Morgan fingerprint density at radius 1 is 1.45 bits per heavy atom. The van der Waals surface area contributed by atoms with Gasteiger partial charge >= 0.3 is 0 Å². The van der Waals surface area contributed by atoms with E-state index in [1.165, 1.54) is 6.07 Å². The van der Waals surface area contributed by atoms with E-state index in [0.29, 0.717) is 11.6 Å². The maximum atomic E-state index is 13.8. The second kappa shape index (κ2) is 6.59. The Morgan fingerprint density at radius 3 is 2.85 bits per heavy atom. The highest BCUT2D eigenvalue weighted by Crippen LogP contribution is 2.20. The Balaban J connectivity index is 2.32. The first-order valence-corrected chi connectivity index (χ1v) is 8.30. The fraction of sp³-hybridized carbons (Fsp3) is 0.533. The molecule has 0 fully saturated rings. The fourth-order valence-corrected chi connectivity index (χ4v) is 3.12. The second-order valence-electron chi connectivity index (χ2n) is 5.10. The largest absolute Gasteiger partial charge is 0.327 e. The molecule has 2 aromatic rings. The predicted molar refractivity (Wildman–Crippen MR) is 84.7 cm³/mol. The van der Waals surface area contributed by atoms with Crippen LogP contribution in [0.25, 0.3) is 11.0 Å². The molecule has 2 rings (SSSR count). The van der Waals surface area contributed by atoms with Crippen LogP contribution in [0.3, 0.4) is 0 Å². The molecule has 0 bridgehead atoms. The molecule has 0 spiro atoms. The Kier molecular flexibility index (Phi) is 5.05. The second-order valence-corrected chi connectivity index (χ2v) is 6.01. The molecule has 20 heavy (non-hydrogen) atoms. The summed E-state index contributed by atoms with van der Waals surface area (Å²) in [6, 6.07) is 5.62. The minimum atomic E-state index is -0.240. The van der Waals surface area contributed by atoms with Crippen LogP contribution in [0.15, 0.2) is 18.2 Å². The monoisotopic (exact) mass is 295 g/mol. The van der Waals surface area contributed by atoms with Gasteiger partial charge in [0.05, 0.1) is 12.1 Å². The van der Waals surface area contributed by atoms with Crippen molar-refractivity contribution in [2.75, 3.05) is 19.1 Å². The molecule has 110 valence electrons. The van der Waals surface area contributed by atoms with Crippen LogP contribution >= 0.6 is 11.8 Å². The van der Waals surface area contributed by atoms with Crippen LogP contribution in [0, 0.1) is 5.82 Å². The van der Waals surface area contributed by atoms with Crippen molar-refractivity contribution in [3.8, 4) is 0 Å². The molecule has 0 radical (unpaired) electrons. The fourth-order valence-electron chi connectivity index (χ4n) is 2.38. The van der Waals surface area contributed by atoms with Crippen LogP contribution in [0.1, 0.15) is 19.7 Å². The quantitative estimate of drug-likeness (QED) is 0.815. The minimum absolute atomic E-state index is 0.240. The smallest absolute Gasteiger partial charge is 0.151 e. The highest BCUT2D eigenvalue weighted by molar-refractivity contribution is 7.98. The molecule has 1 aromatic carbocycles. The van der Waals surface area contributed by atoms with Crippen LogP contribution in [0.5, 0.6) is 0 Å². The van der Waals surface area contributed by atoms with Gasteiger partial charge in [-0.05, 0) is 39.3 Å². The molecule has 0 saturated carbocycles. The first kappa shape index (κ1) is 15.3. The number of hydrogen-bond donors (Lipinski definition) is 0. The van der Waals surface area contributed by atoms with Crippen LogP contribution in [0.2, 0.25) is 0 Å². The Morgan fingerprint density at radius 2 is 2.20 bits per heavy atom. The Labute approximate surface area is 124 Å². The average molecular weight is 295 g/mol. The lowest BCUT2D eigenvalue weighted by Gasteiger charge is -2.23. The molecule has 0 amide bonds. The molecule has 0 aliphatic heterocycles. The molecule has 1 unspecified atom stereocenters. The molecular weight excluding hydrogens is 273 g/mol. The number of imidazole rings is 1. The van der Waals surface area contributed by atoms with Crippen molar-refractivity contribution < 1.29 is 4.39 Å². The molecule has 0 aliphatic rings. The summed E-state index contributed by atoms with van der Waals surface area (Å²) in [6.07, 6.45) is 2.11. The maximum Gasteiger partial charge on any atom is 0.151 e. The van der Waals surface area contributed by atoms with Crippen LogP contribution in [0.4, 0.5) is 4.39 Å². The van der Waals surface area contributed by atoms with Crippen LogP contribution in [-0.2, 0) is 13.1 Å². The van der Waals surface area contributed by atoms with Gasteiger partial charge in [-0.2, -0.15) is 11.8 Å². The van der Waals surface area contributed by atoms with Crippen molar-refractivity contribution in [3.05, 3.63) is 29.8 Å². The summed E-state index contributed by atoms with van der Waals surface area (Å²) in [5, 5.41) is 0. The molecule has 5 heteroatoms. The number of aromatic nitrogens is 2. The van der Waals surface area contributed by atoms with Gasteiger partial charge in [0.15, 0.2) is 5.82 Å². The lowest BCUT2D eigenvalue weighted by molar-refractivity contribution is 0.260. The van der Waals surface area contributed by atoms with Crippen molar-refractivity contribution in [1.29, 1.82) is 0 Å². The zero-order valence-corrected chi connectivity index (χ0v) is 13.4. The van der Waals surface area contributed by atoms with Gasteiger partial charge in [-0.15, -0.1) is 0 Å². The molecule has 0 aliphatic carbocycles. The number of benzene rings is 1. The van der Waals surface area contributed by atoms with Gasteiger partial charge in [-0.1, -0.05) is 6.07 Å². The summed E-state index contributed by atoms with van der Waals surface area (Å²) < 4.78 is 15.9. The molecule has 1 aromatic heterocycles. The Bertz CT molecular complexity index is 582. The third-order valence-corrected chi connectivity index (χ3v) is 4.49. The number of rotatable bonds is 6. The van der Waals surface area contributed by atoms with Crippen LogP contribution < -0.4 is 0 Å². The first-order chi connectivity index (χ1) is 9.58. The van der Waals surface area contributed by atoms with Gasteiger partial charge in [-0.25, -0.2) is 9.37 Å². The number of halogens is 1. The topological polar surface area (TPSA) is 21.1 Å². The Hall–Kier alpha value is -1.07. The highest BCUT2D eigenvalue weighted by Gasteiger charge is 2.16. The summed E-state index contributed by atoms with van der Waals surface area (Å²) in [4.78, 5) is 6.77. The summed E-state index contributed by atoms with van der Waals surface area (Å²) in [7, 11) is 2.09. The zero-order valence-electron chi connectivity index (χ0n) is 12.6. The number of nitrogens with zero attached hydrogens (tertiary/aromatic N) is 3. The van der Waals surface area contributed by atoms with Crippen molar-refractivity contribution in [2.45, 2.75) is 33.0 Å². The number of hydrogen-bond acceptors (Lipinski definition) is 3. The van der Waals surface area contributed by atoms with Gasteiger partial charge in [-0.3, -0.25) is 4.90 Å². The predicted octanol–water partition coefficient (Wildman–Crippen LogP) is 3.38. The van der Waals surface area contributed by atoms with Crippen molar-refractivity contribution in [3.63, 3.8) is 0 Å². The molecule has 0 N–H and O–H groups in total. The molecular formula is C15H22FN3S. The lowest BCUT2D eigenvalue weighted by atomic mass is 10.3. The van der Waals surface area contributed by atoms with Crippen LogP contribution in [-0.4, -0.2) is 39.5 Å². The van der Waals surface area contributed by atoms with Crippen molar-refractivity contribution >= 4 is 22.8 Å². The van der Waals surface area contributed by atoms with Crippen molar-refractivity contribution in [1.82, 2.24) is 14.5 Å². The molecule has 0 saturated heterocycles. The number of fused-ring (bicyclic) bond motifs is 1.